The van der Waals surface area contributed by atoms with Crippen LogP contribution in [0.1, 0.15) is 0 Å². The third-order valence-electron chi connectivity index (χ3n) is 3.93. The normalized spacial score (nSPS) is 11.1. The number of benzene rings is 1. The smallest absolute Gasteiger partial charge is 0.128 e. The average Bonchev–Trinajstić information content (AvgIpc) is 3.19. The summed E-state index contributed by atoms with van der Waals surface area (Å²) in [5.41, 5.74) is 5.05. The van der Waals surface area contributed by atoms with E-state index in [0.29, 0.717) is 0 Å². The molecule has 0 amide bonds. The van der Waals surface area contributed by atoms with E-state index in [-0.39, 0.29) is 0 Å². The summed E-state index contributed by atoms with van der Waals surface area (Å²) in [5.74, 6) is 0.937. The molecule has 0 N–H and O–H groups in total. The lowest BCUT2D eigenvalue weighted by Crippen LogP contribution is -2.10. The van der Waals surface area contributed by atoms with Crippen LogP contribution < -0.4 is 4.90 Å². The lowest BCUT2D eigenvalue weighted by Gasteiger charge is -2.12. The Kier molecular flexibility index (Phi) is 3.54. The van der Waals surface area contributed by atoms with Crippen LogP contribution in [0.25, 0.3) is 33.4 Å². The molecule has 6 heteroatoms. The fourth-order valence-corrected chi connectivity index (χ4v) is 3.45. The van der Waals surface area contributed by atoms with Crippen molar-refractivity contribution in [3.63, 3.8) is 0 Å². The third kappa shape index (κ3) is 2.55. The summed E-state index contributed by atoms with van der Waals surface area (Å²) in [4.78, 5) is 6.75. The molecule has 0 saturated carbocycles. The molecule has 0 aliphatic carbocycles. The highest BCUT2D eigenvalue weighted by atomic mass is 32.1. The second-order valence-corrected chi connectivity index (χ2v) is 6.56. The summed E-state index contributed by atoms with van der Waals surface area (Å²) in [6.45, 7) is 0. The Bertz CT molecular complexity index is 1020. The molecule has 0 saturated heterocycles. The Hall–Kier alpha value is -2.73. The Balaban J connectivity index is 1.82. The van der Waals surface area contributed by atoms with Crippen molar-refractivity contribution in [2.24, 2.45) is 7.05 Å². The van der Waals surface area contributed by atoms with Crippen molar-refractivity contribution in [1.82, 2.24) is 19.1 Å². The Morgan fingerprint density at radius 3 is 2.83 bits per heavy atom. The Labute approximate surface area is 144 Å². The number of pyridine rings is 1. The molecule has 0 aliphatic heterocycles. The van der Waals surface area contributed by atoms with Crippen molar-refractivity contribution in [3.8, 4) is 22.5 Å². The summed E-state index contributed by atoms with van der Waals surface area (Å²) in [6, 6.07) is 12.3. The minimum atomic E-state index is 0.937. The molecule has 0 unspecified atom stereocenters. The molecule has 0 atom stereocenters. The van der Waals surface area contributed by atoms with Gasteiger partial charge in [-0.05, 0) is 35.8 Å². The Morgan fingerprint density at radius 2 is 2.00 bits per heavy atom. The molecular formula is C18H17N5S. The molecule has 120 valence electrons. The van der Waals surface area contributed by atoms with Crippen LogP contribution in [0.15, 0.2) is 48.0 Å². The molecule has 0 fully saturated rings. The van der Waals surface area contributed by atoms with E-state index in [4.69, 9.17) is 4.98 Å². The van der Waals surface area contributed by atoms with Gasteiger partial charge < -0.3 is 4.90 Å². The van der Waals surface area contributed by atoms with Crippen molar-refractivity contribution in [2.75, 3.05) is 19.0 Å². The summed E-state index contributed by atoms with van der Waals surface area (Å²) < 4.78 is 6.44. The van der Waals surface area contributed by atoms with Gasteiger partial charge in [0.25, 0.3) is 0 Å². The first-order valence-corrected chi connectivity index (χ1v) is 8.48. The molecule has 4 rings (SSSR count). The molecule has 4 aromatic rings. The van der Waals surface area contributed by atoms with Gasteiger partial charge in [-0.2, -0.15) is 9.47 Å². The van der Waals surface area contributed by atoms with E-state index in [1.807, 2.05) is 61.2 Å². The number of fused-ring (bicyclic) bond motifs is 1. The molecular weight excluding hydrogens is 318 g/mol. The maximum atomic E-state index is 4.74. The van der Waals surface area contributed by atoms with Gasteiger partial charge in [-0.3, -0.25) is 4.68 Å². The molecule has 3 aromatic heterocycles. The van der Waals surface area contributed by atoms with Crippen LogP contribution in [0.3, 0.4) is 0 Å². The number of anilines is 1. The molecule has 3 heterocycles. The predicted octanol–water partition coefficient (Wildman–Crippen LogP) is 3.82. The molecule has 0 radical (unpaired) electrons. The molecule has 0 aliphatic rings. The largest absolute Gasteiger partial charge is 0.363 e. The maximum Gasteiger partial charge on any atom is 0.128 e. The topological polar surface area (TPSA) is 46.8 Å². The predicted molar refractivity (Wildman–Crippen MR) is 99.4 cm³/mol. The third-order valence-corrected chi connectivity index (χ3v) is 4.56. The van der Waals surface area contributed by atoms with Gasteiger partial charge in [-0.1, -0.05) is 12.1 Å². The average molecular weight is 335 g/mol. The lowest BCUT2D eigenvalue weighted by atomic mass is 10.0. The van der Waals surface area contributed by atoms with Crippen molar-refractivity contribution in [3.05, 3.63) is 48.0 Å². The van der Waals surface area contributed by atoms with Crippen molar-refractivity contribution >= 4 is 28.3 Å². The van der Waals surface area contributed by atoms with Gasteiger partial charge in [0.05, 0.1) is 16.9 Å². The Morgan fingerprint density at radius 1 is 1.12 bits per heavy atom. The minimum Gasteiger partial charge on any atom is -0.363 e. The van der Waals surface area contributed by atoms with Crippen LogP contribution in [0.4, 0.5) is 5.82 Å². The van der Waals surface area contributed by atoms with Crippen molar-refractivity contribution in [2.45, 2.75) is 0 Å². The van der Waals surface area contributed by atoms with Crippen LogP contribution in [0.5, 0.6) is 0 Å². The van der Waals surface area contributed by atoms with Gasteiger partial charge in [0.1, 0.15) is 5.82 Å². The van der Waals surface area contributed by atoms with Crippen LogP contribution >= 0.6 is 11.5 Å². The standard InChI is InChI=1S/C18H17N5S/c1-22(2)17-6-4-5-16(19-17)14-11-24-21-18(14)12-7-8-15-13(9-12)10-23(3)20-15/h4-11H,1-3H3. The number of rotatable bonds is 3. The first-order valence-electron chi connectivity index (χ1n) is 7.65. The zero-order valence-corrected chi connectivity index (χ0v) is 14.6. The zero-order chi connectivity index (χ0) is 16.7. The maximum absolute atomic E-state index is 4.74. The highest BCUT2D eigenvalue weighted by molar-refractivity contribution is 7.04. The first-order chi connectivity index (χ1) is 11.6. The van der Waals surface area contributed by atoms with E-state index in [0.717, 1.165) is 39.2 Å². The van der Waals surface area contributed by atoms with Gasteiger partial charge in [-0.25, -0.2) is 4.98 Å². The van der Waals surface area contributed by atoms with E-state index >= 15 is 0 Å². The molecule has 0 spiro atoms. The van der Waals surface area contributed by atoms with E-state index in [1.165, 1.54) is 11.5 Å². The van der Waals surface area contributed by atoms with Crippen LogP contribution in [0.2, 0.25) is 0 Å². The summed E-state index contributed by atoms with van der Waals surface area (Å²) in [7, 11) is 5.93. The van der Waals surface area contributed by atoms with Crippen LogP contribution in [-0.4, -0.2) is 33.2 Å². The number of hydrogen-bond acceptors (Lipinski definition) is 5. The monoisotopic (exact) mass is 335 g/mol. The minimum absolute atomic E-state index is 0.937. The van der Waals surface area contributed by atoms with E-state index in [9.17, 15) is 0 Å². The lowest BCUT2D eigenvalue weighted by molar-refractivity contribution is 0.780. The van der Waals surface area contributed by atoms with E-state index in [2.05, 4.69) is 27.0 Å². The van der Waals surface area contributed by atoms with E-state index < -0.39 is 0 Å². The molecule has 1 aromatic carbocycles. The second-order valence-electron chi connectivity index (χ2n) is 5.93. The van der Waals surface area contributed by atoms with Crippen LogP contribution in [0, 0.1) is 0 Å². The van der Waals surface area contributed by atoms with E-state index in [1.54, 1.807) is 0 Å². The van der Waals surface area contributed by atoms with Gasteiger partial charge in [0.2, 0.25) is 0 Å². The van der Waals surface area contributed by atoms with Gasteiger partial charge in [0, 0.05) is 49.2 Å². The second kappa shape index (κ2) is 5.72. The highest BCUT2D eigenvalue weighted by Crippen LogP contribution is 2.33. The highest BCUT2D eigenvalue weighted by Gasteiger charge is 2.13. The number of aryl methyl sites for hydroxylation is 1. The zero-order valence-electron chi connectivity index (χ0n) is 13.8. The fourth-order valence-electron chi connectivity index (χ4n) is 2.75. The van der Waals surface area contributed by atoms with Gasteiger partial charge in [0.15, 0.2) is 0 Å². The first kappa shape index (κ1) is 14.8. The van der Waals surface area contributed by atoms with Crippen molar-refractivity contribution in [1.29, 1.82) is 0 Å². The SMILES string of the molecule is CN(C)c1cccc(-c2csnc2-c2ccc3nn(C)cc3c2)n1. The van der Waals surface area contributed by atoms with Gasteiger partial charge >= 0.3 is 0 Å². The summed E-state index contributed by atoms with van der Waals surface area (Å²) in [6.07, 6.45) is 2.02. The van der Waals surface area contributed by atoms with Crippen molar-refractivity contribution < 1.29 is 0 Å². The number of hydrogen-bond donors (Lipinski definition) is 0. The number of aromatic nitrogens is 4. The quantitative estimate of drug-likeness (QED) is 0.571. The fraction of sp³-hybridized carbons (Fsp3) is 0.167. The number of nitrogens with zero attached hydrogens (tertiary/aromatic N) is 5. The van der Waals surface area contributed by atoms with Gasteiger partial charge in [-0.15, -0.1) is 0 Å². The van der Waals surface area contributed by atoms with Crippen LogP contribution in [-0.2, 0) is 7.05 Å². The molecule has 0 bridgehead atoms. The summed E-state index contributed by atoms with van der Waals surface area (Å²) >= 11 is 1.46. The molecule has 24 heavy (non-hydrogen) atoms. The summed E-state index contributed by atoms with van der Waals surface area (Å²) in [5, 5.41) is 7.60. The molecule has 5 nitrogen and oxygen atoms in total.